The lowest BCUT2D eigenvalue weighted by Crippen LogP contribution is -2.70. The Labute approximate surface area is 282 Å². The highest BCUT2D eigenvalue weighted by Crippen LogP contribution is 2.50. The third-order valence-electron chi connectivity index (χ3n) is 8.97. The zero-order valence-electron chi connectivity index (χ0n) is 25.0. The Kier molecular flexibility index (Phi) is 9.11. The number of aliphatic hydroxyl groups excluding tert-OH is 2. The molecule has 0 spiro atoms. The van der Waals surface area contributed by atoms with Gasteiger partial charge in [0.2, 0.25) is 0 Å². The van der Waals surface area contributed by atoms with Crippen molar-refractivity contribution in [3.05, 3.63) is 63.1 Å². The fraction of sp³-hybridized carbons (Fsp3) is 0.438. The monoisotopic (exact) mass is 704 g/mol. The first-order valence-electron chi connectivity index (χ1n) is 15.4. The summed E-state index contributed by atoms with van der Waals surface area (Å²) in [6.45, 7) is 1.45. The van der Waals surface area contributed by atoms with Crippen molar-refractivity contribution in [1.82, 2.24) is 15.0 Å². The Bertz CT molecular complexity index is 1810. The molecule has 2 aromatic heterocycles. The molecular formula is C32H31Cl2FN4O7S. The second-order valence-corrected chi connectivity index (χ2v) is 13.8. The molecule has 3 aliphatic rings. The molecule has 3 atom stereocenters. The predicted molar refractivity (Wildman–Crippen MR) is 173 cm³/mol. The van der Waals surface area contributed by atoms with Crippen LogP contribution in [0.2, 0.25) is 10.0 Å². The van der Waals surface area contributed by atoms with Gasteiger partial charge < -0.3 is 29.1 Å². The lowest BCUT2D eigenvalue weighted by Gasteiger charge is -2.59. The molecule has 4 aromatic rings. The molecule has 1 unspecified atom stereocenters. The van der Waals surface area contributed by atoms with Crippen molar-refractivity contribution in [1.29, 1.82) is 0 Å². The molecule has 1 saturated heterocycles. The van der Waals surface area contributed by atoms with E-state index in [0.717, 1.165) is 18.9 Å². The maximum absolute atomic E-state index is 15.1. The van der Waals surface area contributed by atoms with Crippen LogP contribution in [0.1, 0.15) is 51.7 Å². The van der Waals surface area contributed by atoms with Gasteiger partial charge >= 0.3 is 11.9 Å². The Morgan fingerprint density at radius 2 is 1.85 bits per heavy atom. The fourth-order valence-electron chi connectivity index (χ4n) is 6.22. The number of benzene rings is 2. The van der Waals surface area contributed by atoms with Crippen molar-refractivity contribution in [2.45, 2.75) is 37.3 Å². The maximum Gasteiger partial charge on any atom is 0.344 e. The lowest BCUT2D eigenvalue weighted by molar-refractivity contribution is -0.0583. The number of rotatable bonds is 13. The van der Waals surface area contributed by atoms with E-state index in [9.17, 15) is 9.59 Å². The summed E-state index contributed by atoms with van der Waals surface area (Å²) < 4.78 is 32.5. The summed E-state index contributed by atoms with van der Waals surface area (Å²) in [7, 11) is 0. The lowest BCUT2D eigenvalue weighted by atomic mass is 9.69. The van der Waals surface area contributed by atoms with Crippen LogP contribution in [0, 0.1) is 11.7 Å². The van der Waals surface area contributed by atoms with Gasteiger partial charge in [-0.3, -0.25) is 4.90 Å². The van der Waals surface area contributed by atoms with Gasteiger partial charge in [-0.25, -0.2) is 19.0 Å². The molecule has 0 amide bonds. The van der Waals surface area contributed by atoms with Gasteiger partial charge in [0.15, 0.2) is 16.7 Å². The van der Waals surface area contributed by atoms with E-state index >= 15 is 4.39 Å². The van der Waals surface area contributed by atoms with Crippen molar-refractivity contribution in [2.24, 2.45) is 5.92 Å². The summed E-state index contributed by atoms with van der Waals surface area (Å²) in [5, 5.41) is 23.8. The van der Waals surface area contributed by atoms with Gasteiger partial charge in [0.1, 0.15) is 29.5 Å². The maximum atomic E-state index is 15.1. The van der Waals surface area contributed by atoms with E-state index < -0.39 is 17.8 Å². The van der Waals surface area contributed by atoms with E-state index in [0.29, 0.717) is 63.8 Å². The van der Waals surface area contributed by atoms with Crippen LogP contribution in [0.15, 0.2) is 34.9 Å². The Morgan fingerprint density at radius 3 is 2.51 bits per heavy atom. The highest BCUT2D eigenvalue weighted by molar-refractivity contribution is 7.22. The number of anilines is 1. The van der Waals surface area contributed by atoms with Crippen LogP contribution >= 0.6 is 34.5 Å². The number of carbonyl (C=O) groups excluding carboxylic acids is 2. The SMILES string of the molecule is O=C(OCCN(CCO)CCO)c1cc(F)c2nc(N3CC4[C@H]3C[C@H]4OC(=O)c3c(-c4c(Cl)cccc4Cl)noc3C3CC3)sc2c1. The van der Waals surface area contributed by atoms with Crippen LogP contribution in [-0.4, -0.2) is 95.3 Å². The van der Waals surface area contributed by atoms with Gasteiger partial charge in [-0.1, -0.05) is 45.8 Å². The van der Waals surface area contributed by atoms with E-state index in [1.54, 1.807) is 29.2 Å². The van der Waals surface area contributed by atoms with Gasteiger partial charge in [-0.05, 0) is 37.1 Å². The molecule has 0 radical (unpaired) electrons. The van der Waals surface area contributed by atoms with Gasteiger partial charge in [0.05, 0.1) is 33.5 Å². The number of esters is 2. The number of hydrogen-bond acceptors (Lipinski definition) is 12. The normalized spacial score (nSPS) is 20.2. The van der Waals surface area contributed by atoms with Crippen molar-refractivity contribution >= 4 is 61.8 Å². The van der Waals surface area contributed by atoms with Gasteiger partial charge in [0.25, 0.3) is 0 Å². The summed E-state index contributed by atoms with van der Waals surface area (Å²) in [5.41, 5.74) is 1.24. The molecule has 0 bridgehead atoms. The van der Waals surface area contributed by atoms with Crippen LogP contribution in [-0.2, 0) is 9.47 Å². The molecule has 248 valence electrons. The molecule has 11 nitrogen and oxygen atoms in total. The molecule has 2 N–H and O–H groups in total. The van der Waals surface area contributed by atoms with Crippen molar-refractivity contribution < 1.29 is 38.2 Å². The van der Waals surface area contributed by atoms with E-state index in [4.69, 9.17) is 47.4 Å². The molecule has 47 heavy (non-hydrogen) atoms. The minimum atomic E-state index is -0.668. The van der Waals surface area contributed by atoms with Gasteiger partial charge in [-0.2, -0.15) is 0 Å². The van der Waals surface area contributed by atoms with E-state index in [1.165, 1.54) is 11.3 Å². The predicted octanol–water partition coefficient (Wildman–Crippen LogP) is 5.15. The molecule has 2 aliphatic carbocycles. The number of carbonyl (C=O) groups is 2. The first-order chi connectivity index (χ1) is 22.8. The van der Waals surface area contributed by atoms with Crippen LogP contribution < -0.4 is 4.90 Å². The zero-order chi connectivity index (χ0) is 32.8. The quantitative estimate of drug-likeness (QED) is 0.179. The van der Waals surface area contributed by atoms with Crippen molar-refractivity contribution in [3.8, 4) is 11.3 Å². The number of aliphatic hydroxyl groups is 2. The number of thiazole rings is 1. The number of aromatic nitrogens is 2. The average Bonchev–Trinajstić information content (AvgIpc) is 3.64. The minimum absolute atomic E-state index is 0.0308. The number of ether oxygens (including phenoxy) is 2. The topological polar surface area (TPSA) is 138 Å². The number of fused-ring (bicyclic) bond motifs is 2. The molecule has 2 aromatic carbocycles. The Hall–Kier alpha value is -3.33. The van der Waals surface area contributed by atoms with Crippen molar-refractivity contribution in [3.63, 3.8) is 0 Å². The minimum Gasteiger partial charge on any atom is -0.461 e. The molecule has 2 saturated carbocycles. The first kappa shape index (κ1) is 32.2. The zero-order valence-corrected chi connectivity index (χ0v) is 27.4. The molecule has 3 fully saturated rings. The highest BCUT2D eigenvalue weighted by Gasteiger charge is 2.56. The van der Waals surface area contributed by atoms with Gasteiger partial charge in [-0.15, -0.1) is 0 Å². The first-order valence-corrected chi connectivity index (χ1v) is 17.0. The largest absolute Gasteiger partial charge is 0.461 e. The van der Waals surface area contributed by atoms with E-state index in [-0.39, 0.29) is 66.1 Å². The van der Waals surface area contributed by atoms with E-state index in [2.05, 4.69) is 15.0 Å². The van der Waals surface area contributed by atoms with Gasteiger partial charge in [0, 0.05) is 56.0 Å². The number of hydrogen-bond donors (Lipinski definition) is 2. The molecule has 3 heterocycles. The number of nitrogens with zero attached hydrogens (tertiary/aromatic N) is 4. The highest BCUT2D eigenvalue weighted by atomic mass is 35.5. The summed E-state index contributed by atoms with van der Waals surface area (Å²) in [5.74, 6) is -1.11. The summed E-state index contributed by atoms with van der Waals surface area (Å²) in [4.78, 5) is 34.6. The molecular weight excluding hydrogens is 674 g/mol. The summed E-state index contributed by atoms with van der Waals surface area (Å²) in [6, 6.07) is 7.86. The van der Waals surface area contributed by atoms with Crippen LogP contribution in [0.25, 0.3) is 21.5 Å². The Morgan fingerprint density at radius 1 is 1.11 bits per heavy atom. The van der Waals surface area contributed by atoms with Crippen LogP contribution in [0.5, 0.6) is 0 Å². The van der Waals surface area contributed by atoms with Crippen LogP contribution in [0.4, 0.5) is 9.52 Å². The third kappa shape index (κ3) is 6.20. The molecule has 15 heteroatoms. The van der Waals surface area contributed by atoms with Crippen LogP contribution in [0.3, 0.4) is 0 Å². The van der Waals surface area contributed by atoms with E-state index in [1.807, 2.05) is 0 Å². The average molecular weight is 706 g/mol. The smallest absolute Gasteiger partial charge is 0.344 e. The fourth-order valence-corrected chi connectivity index (χ4v) is 7.88. The Balaban J connectivity index is 0.996. The summed E-state index contributed by atoms with van der Waals surface area (Å²) in [6.07, 6.45) is 2.07. The number of halogens is 3. The second kappa shape index (κ2) is 13.3. The standard InChI is InChI=1S/C32H31Cl2FN4O7S/c33-19-2-1-3-20(34)25(19)28-26(29(46-37-28)16-4-5-16)31(43)45-23-14-22-18(23)15-39(22)32-36-27-21(35)12-17(13-24(27)47-32)30(42)44-11-8-38(6-9-40)7-10-41/h1-3,12-13,16,18,22-23,40-41H,4-11,14-15H2/t18?,22-,23-/m1/s1. The third-order valence-corrected chi connectivity index (χ3v) is 10.6. The molecule has 7 rings (SSSR count). The second-order valence-electron chi connectivity index (χ2n) is 11.9. The van der Waals surface area contributed by atoms with Crippen molar-refractivity contribution in [2.75, 3.05) is 50.9 Å². The summed E-state index contributed by atoms with van der Waals surface area (Å²) >= 11 is 14.2. The number of piperidine rings is 1. The molecule has 1 aliphatic heterocycles.